The fourth-order valence-corrected chi connectivity index (χ4v) is 4.92. The standard InChI is InChI=1S/C30H29FN2O3/c1-19-10-12-23(17-27(19)30(34)35)33-18-24(36-29-13-11-22(31)16-28(29)33)14-15-32-20(2)25-9-5-7-21-6-3-4-8-26(21)25/h3-13,16-17,20,24,32H,14-15,18H2,1-2H3,(H,34,35)/t20-,24?/m1/s1. The van der Waals surface area contributed by atoms with E-state index in [0.29, 0.717) is 29.2 Å². The van der Waals surface area contributed by atoms with Gasteiger partial charge in [0.05, 0.1) is 17.8 Å². The Labute approximate surface area is 210 Å². The average Bonchev–Trinajstić information content (AvgIpc) is 2.88. The minimum atomic E-state index is -0.981. The lowest BCUT2D eigenvalue weighted by molar-refractivity contribution is 0.0696. The maximum atomic E-state index is 14.1. The highest BCUT2D eigenvalue weighted by atomic mass is 19.1. The molecule has 0 aliphatic carbocycles. The molecule has 5 rings (SSSR count). The molecule has 0 spiro atoms. The predicted molar refractivity (Wildman–Crippen MR) is 141 cm³/mol. The van der Waals surface area contributed by atoms with Crippen LogP contribution in [0.1, 0.15) is 40.9 Å². The number of carboxylic acids is 1. The molecule has 2 N–H and O–H groups in total. The SMILES string of the molecule is Cc1ccc(N2CC(CCN[C@H](C)c3cccc4ccccc34)Oc3ccc(F)cc32)cc1C(=O)O. The number of rotatable bonds is 7. The highest BCUT2D eigenvalue weighted by molar-refractivity contribution is 5.91. The molecule has 0 saturated carbocycles. The Kier molecular flexibility index (Phi) is 6.61. The molecule has 0 bridgehead atoms. The molecule has 0 amide bonds. The Hall–Kier alpha value is -3.90. The summed E-state index contributed by atoms with van der Waals surface area (Å²) in [7, 11) is 0. The molecule has 6 heteroatoms. The number of anilines is 2. The number of fused-ring (bicyclic) bond motifs is 2. The summed E-state index contributed by atoms with van der Waals surface area (Å²) in [5, 5.41) is 15.7. The third-order valence-electron chi connectivity index (χ3n) is 6.86. The predicted octanol–water partition coefficient (Wildman–Crippen LogP) is 6.63. The van der Waals surface area contributed by atoms with Crippen LogP contribution in [0.15, 0.2) is 78.9 Å². The van der Waals surface area contributed by atoms with Crippen LogP contribution in [0, 0.1) is 12.7 Å². The van der Waals surface area contributed by atoms with E-state index in [0.717, 1.165) is 13.0 Å². The largest absolute Gasteiger partial charge is 0.486 e. The summed E-state index contributed by atoms with van der Waals surface area (Å²) < 4.78 is 20.4. The fourth-order valence-electron chi connectivity index (χ4n) is 4.92. The molecule has 2 atom stereocenters. The van der Waals surface area contributed by atoms with Gasteiger partial charge in [-0.15, -0.1) is 0 Å². The van der Waals surface area contributed by atoms with Crippen LogP contribution < -0.4 is 15.0 Å². The minimum Gasteiger partial charge on any atom is -0.486 e. The first-order valence-electron chi connectivity index (χ1n) is 12.2. The number of ether oxygens (including phenoxy) is 1. The van der Waals surface area contributed by atoms with Gasteiger partial charge in [-0.1, -0.05) is 48.5 Å². The smallest absolute Gasteiger partial charge is 0.336 e. The number of aromatic carboxylic acids is 1. The molecule has 1 aliphatic heterocycles. The molecule has 1 heterocycles. The van der Waals surface area contributed by atoms with E-state index >= 15 is 0 Å². The van der Waals surface area contributed by atoms with Crippen molar-refractivity contribution in [1.29, 1.82) is 0 Å². The Bertz CT molecular complexity index is 1420. The van der Waals surface area contributed by atoms with Crippen LogP contribution in [0.4, 0.5) is 15.8 Å². The van der Waals surface area contributed by atoms with Crippen molar-refractivity contribution in [3.05, 3.63) is 101 Å². The van der Waals surface area contributed by atoms with Crippen LogP contribution in [0.5, 0.6) is 5.75 Å². The lowest BCUT2D eigenvalue weighted by Gasteiger charge is -2.37. The van der Waals surface area contributed by atoms with E-state index in [4.69, 9.17) is 4.74 Å². The molecule has 36 heavy (non-hydrogen) atoms. The highest BCUT2D eigenvalue weighted by Crippen LogP contribution is 2.39. The van der Waals surface area contributed by atoms with E-state index < -0.39 is 5.97 Å². The van der Waals surface area contributed by atoms with Crippen molar-refractivity contribution in [3.8, 4) is 5.75 Å². The Morgan fingerprint density at radius 3 is 2.75 bits per heavy atom. The maximum absolute atomic E-state index is 14.1. The normalized spacial score (nSPS) is 15.9. The molecule has 4 aromatic rings. The Morgan fingerprint density at radius 1 is 1.11 bits per heavy atom. The number of carboxylic acid groups (broad SMARTS) is 1. The maximum Gasteiger partial charge on any atom is 0.336 e. The van der Waals surface area contributed by atoms with Crippen LogP contribution in [0.25, 0.3) is 10.8 Å². The average molecular weight is 485 g/mol. The first-order chi connectivity index (χ1) is 17.4. The highest BCUT2D eigenvalue weighted by Gasteiger charge is 2.28. The van der Waals surface area contributed by atoms with E-state index in [1.807, 2.05) is 17.0 Å². The number of nitrogens with one attached hydrogen (secondary N) is 1. The summed E-state index contributed by atoms with van der Waals surface area (Å²) in [5.41, 5.74) is 3.47. The number of aryl methyl sites for hydroxylation is 1. The van der Waals surface area contributed by atoms with E-state index in [9.17, 15) is 14.3 Å². The molecule has 0 fully saturated rings. The molecule has 0 aromatic heterocycles. The molecule has 184 valence electrons. The van der Waals surface area contributed by atoms with Crippen molar-refractivity contribution in [2.45, 2.75) is 32.4 Å². The van der Waals surface area contributed by atoms with Crippen LogP contribution in [-0.4, -0.2) is 30.3 Å². The van der Waals surface area contributed by atoms with Gasteiger partial charge in [0, 0.05) is 17.8 Å². The molecular weight excluding hydrogens is 455 g/mol. The van der Waals surface area contributed by atoms with E-state index in [1.165, 1.54) is 28.5 Å². The lowest BCUT2D eigenvalue weighted by atomic mass is 9.99. The van der Waals surface area contributed by atoms with E-state index in [-0.39, 0.29) is 23.5 Å². The zero-order valence-electron chi connectivity index (χ0n) is 20.4. The number of halogens is 1. The van der Waals surface area contributed by atoms with Crippen molar-refractivity contribution in [2.75, 3.05) is 18.0 Å². The summed E-state index contributed by atoms with van der Waals surface area (Å²) in [6.07, 6.45) is 0.588. The van der Waals surface area contributed by atoms with Gasteiger partial charge in [-0.25, -0.2) is 9.18 Å². The second kappa shape index (κ2) is 9.99. The summed E-state index contributed by atoms with van der Waals surface area (Å²) >= 11 is 0. The summed E-state index contributed by atoms with van der Waals surface area (Å²) in [4.78, 5) is 13.7. The van der Waals surface area contributed by atoms with Crippen LogP contribution >= 0.6 is 0 Å². The molecule has 4 aromatic carbocycles. The van der Waals surface area contributed by atoms with Gasteiger partial charge < -0.3 is 20.1 Å². The first kappa shape index (κ1) is 23.8. The van der Waals surface area contributed by atoms with E-state index in [1.54, 1.807) is 25.1 Å². The number of nitrogens with zero attached hydrogens (tertiary/aromatic N) is 1. The van der Waals surface area contributed by atoms with Gasteiger partial charge in [-0.3, -0.25) is 0 Å². The fraction of sp³-hybridized carbons (Fsp3) is 0.233. The summed E-state index contributed by atoms with van der Waals surface area (Å²) in [6.45, 7) is 5.15. The van der Waals surface area contributed by atoms with Crippen LogP contribution in [-0.2, 0) is 0 Å². The number of hydrogen-bond donors (Lipinski definition) is 2. The van der Waals surface area contributed by atoms with Gasteiger partial charge >= 0.3 is 5.97 Å². The topological polar surface area (TPSA) is 61.8 Å². The molecule has 1 aliphatic rings. The van der Waals surface area contributed by atoms with Crippen molar-refractivity contribution >= 4 is 28.1 Å². The van der Waals surface area contributed by atoms with Crippen molar-refractivity contribution < 1.29 is 19.0 Å². The second-order valence-electron chi connectivity index (χ2n) is 9.30. The van der Waals surface area contributed by atoms with Gasteiger partial charge in [0.25, 0.3) is 0 Å². The Morgan fingerprint density at radius 2 is 1.92 bits per heavy atom. The zero-order valence-corrected chi connectivity index (χ0v) is 20.4. The van der Waals surface area contributed by atoms with Crippen LogP contribution in [0.2, 0.25) is 0 Å². The van der Waals surface area contributed by atoms with Crippen molar-refractivity contribution in [3.63, 3.8) is 0 Å². The summed E-state index contributed by atoms with van der Waals surface area (Å²) in [5.74, 6) is -0.755. The third-order valence-corrected chi connectivity index (χ3v) is 6.86. The van der Waals surface area contributed by atoms with Gasteiger partial charge in [0.2, 0.25) is 0 Å². The number of carbonyl (C=O) groups is 1. The monoisotopic (exact) mass is 484 g/mol. The molecule has 0 saturated heterocycles. The molecule has 5 nitrogen and oxygen atoms in total. The molecule has 0 radical (unpaired) electrons. The number of benzene rings is 4. The van der Waals surface area contributed by atoms with Gasteiger partial charge in [-0.2, -0.15) is 0 Å². The van der Waals surface area contributed by atoms with Gasteiger partial charge in [-0.05, 0) is 73.0 Å². The lowest BCUT2D eigenvalue weighted by Crippen LogP contribution is -2.39. The minimum absolute atomic E-state index is 0.148. The van der Waals surface area contributed by atoms with Gasteiger partial charge in [0.15, 0.2) is 0 Å². The Balaban J connectivity index is 1.34. The van der Waals surface area contributed by atoms with Crippen molar-refractivity contribution in [2.24, 2.45) is 0 Å². The van der Waals surface area contributed by atoms with Crippen LogP contribution in [0.3, 0.4) is 0 Å². The van der Waals surface area contributed by atoms with Crippen molar-refractivity contribution in [1.82, 2.24) is 5.32 Å². The van der Waals surface area contributed by atoms with Gasteiger partial charge in [0.1, 0.15) is 17.7 Å². The third kappa shape index (κ3) is 4.77. The molecule has 1 unspecified atom stereocenters. The zero-order chi connectivity index (χ0) is 25.2. The quantitative estimate of drug-likeness (QED) is 0.308. The first-order valence-corrected chi connectivity index (χ1v) is 12.2. The second-order valence-corrected chi connectivity index (χ2v) is 9.30. The molecular formula is C30H29FN2O3. The summed E-state index contributed by atoms with van der Waals surface area (Å²) in [6, 6.07) is 24.7. The van der Waals surface area contributed by atoms with E-state index in [2.05, 4.69) is 48.6 Å². The number of hydrogen-bond acceptors (Lipinski definition) is 4.